The Kier molecular flexibility index (Phi) is 1.82. The van der Waals surface area contributed by atoms with E-state index in [0.717, 1.165) is 6.42 Å². The summed E-state index contributed by atoms with van der Waals surface area (Å²) in [4.78, 5) is 10.0. The van der Waals surface area contributed by atoms with Gasteiger partial charge in [0.15, 0.2) is 0 Å². The molecule has 0 bridgehead atoms. The molecule has 2 heteroatoms. The second-order valence-corrected chi connectivity index (χ2v) is 3.02. The van der Waals surface area contributed by atoms with Crippen LogP contribution in [-0.2, 0) is 9.53 Å². The molecule has 2 atom stereocenters. The summed E-state index contributed by atoms with van der Waals surface area (Å²) < 4.78 is 4.84. The second-order valence-electron chi connectivity index (χ2n) is 3.02. The smallest absolute Gasteiger partial charge is 0.293 e. The second kappa shape index (κ2) is 2.97. The summed E-state index contributed by atoms with van der Waals surface area (Å²) in [6.45, 7) is 0.535. The summed E-state index contributed by atoms with van der Waals surface area (Å²) in [6, 6.07) is 10.1. The fourth-order valence-corrected chi connectivity index (χ4v) is 1.44. The van der Waals surface area contributed by atoms with Crippen LogP contribution < -0.4 is 0 Å². The van der Waals surface area contributed by atoms with E-state index in [-0.39, 0.29) is 6.10 Å². The standard InChI is InChI=1S/C10H10O2/c11-7-12-10-6-9(10)8-4-2-1-3-5-8/h1-5,7,9-10H,6H2. The lowest BCUT2D eigenvalue weighted by molar-refractivity contribution is -0.129. The van der Waals surface area contributed by atoms with Crippen LogP contribution in [0, 0.1) is 0 Å². The maximum atomic E-state index is 10.0. The van der Waals surface area contributed by atoms with Crippen molar-refractivity contribution in [1.29, 1.82) is 0 Å². The molecule has 2 unspecified atom stereocenters. The normalized spacial score (nSPS) is 26.3. The van der Waals surface area contributed by atoms with Crippen molar-refractivity contribution in [2.24, 2.45) is 0 Å². The van der Waals surface area contributed by atoms with Crippen molar-refractivity contribution in [3.05, 3.63) is 35.9 Å². The Morgan fingerprint density at radius 2 is 2.08 bits per heavy atom. The number of carbonyl (C=O) groups excluding carboxylic acids is 1. The van der Waals surface area contributed by atoms with Crippen molar-refractivity contribution in [3.8, 4) is 0 Å². The maximum absolute atomic E-state index is 10.0. The van der Waals surface area contributed by atoms with Crippen molar-refractivity contribution in [3.63, 3.8) is 0 Å². The summed E-state index contributed by atoms with van der Waals surface area (Å²) in [7, 11) is 0. The third-order valence-corrected chi connectivity index (χ3v) is 2.19. The number of carbonyl (C=O) groups is 1. The van der Waals surface area contributed by atoms with Gasteiger partial charge in [-0.3, -0.25) is 4.79 Å². The number of hydrogen-bond acceptors (Lipinski definition) is 2. The van der Waals surface area contributed by atoms with Crippen LogP contribution in [0.25, 0.3) is 0 Å². The van der Waals surface area contributed by atoms with E-state index >= 15 is 0 Å². The molecule has 1 aliphatic rings. The molecule has 0 spiro atoms. The van der Waals surface area contributed by atoms with Crippen molar-refractivity contribution in [2.45, 2.75) is 18.4 Å². The van der Waals surface area contributed by atoms with E-state index in [9.17, 15) is 4.79 Å². The predicted molar refractivity (Wildman–Crippen MR) is 44.7 cm³/mol. The minimum absolute atomic E-state index is 0.130. The molecule has 1 aromatic carbocycles. The summed E-state index contributed by atoms with van der Waals surface area (Å²) in [5.74, 6) is 0.441. The Morgan fingerprint density at radius 3 is 2.75 bits per heavy atom. The molecule has 1 fully saturated rings. The summed E-state index contributed by atoms with van der Waals surface area (Å²) in [6.07, 6.45) is 1.10. The van der Waals surface area contributed by atoms with E-state index in [1.165, 1.54) is 5.56 Å². The van der Waals surface area contributed by atoms with Crippen LogP contribution in [0.3, 0.4) is 0 Å². The molecule has 2 rings (SSSR count). The number of benzene rings is 1. The molecule has 1 aliphatic carbocycles. The average Bonchev–Trinajstić information content (AvgIpc) is 2.87. The highest BCUT2D eigenvalue weighted by Crippen LogP contribution is 2.42. The van der Waals surface area contributed by atoms with Gasteiger partial charge in [-0.15, -0.1) is 0 Å². The molecule has 0 aliphatic heterocycles. The van der Waals surface area contributed by atoms with Gasteiger partial charge >= 0.3 is 0 Å². The van der Waals surface area contributed by atoms with Gasteiger partial charge in [0, 0.05) is 5.92 Å². The van der Waals surface area contributed by atoms with Gasteiger partial charge in [-0.1, -0.05) is 30.3 Å². The van der Waals surface area contributed by atoms with E-state index in [2.05, 4.69) is 12.1 Å². The average molecular weight is 162 g/mol. The van der Waals surface area contributed by atoms with Gasteiger partial charge in [0.05, 0.1) is 0 Å². The van der Waals surface area contributed by atoms with Crippen molar-refractivity contribution >= 4 is 6.47 Å². The Labute approximate surface area is 71.2 Å². The van der Waals surface area contributed by atoms with E-state index in [4.69, 9.17) is 4.74 Å². The third-order valence-electron chi connectivity index (χ3n) is 2.19. The van der Waals surface area contributed by atoms with Crippen LogP contribution >= 0.6 is 0 Å². The molecule has 1 saturated carbocycles. The molecule has 0 N–H and O–H groups in total. The third kappa shape index (κ3) is 1.33. The topological polar surface area (TPSA) is 26.3 Å². The van der Waals surface area contributed by atoms with Crippen molar-refractivity contribution in [1.82, 2.24) is 0 Å². The first-order valence-corrected chi connectivity index (χ1v) is 4.06. The zero-order valence-corrected chi connectivity index (χ0v) is 6.64. The van der Waals surface area contributed by atoms with Gasteiger partial charge in [-0.05, 0) is 12.0 Å². The van der Waals surface area contributed by atoms with Crippen LogP contribution in [0.2, 0.25) is 0 Å². The molecular formula is C10H10O2. The Balaban J connectivity index is 2.01. The highest BCUT2D eigenvalue weighted by molar-refractivity contribution is 5.40. The first-order chi connectivity index (χ1) is 5.92. The van der Waals surface area contributed by atoms with Gasteiger partial charge in [0.1, 0.15) is 6.10 Å². The largest absolute Gasteiger partial charge is 0.464 e. The maximum Gasteiger partial charge on any atom is 0.293 e. The minimum Gasteiger partial charge on any atom is -0.464 e. The van der Waals surface area contributed by atoms with Crippen LogP contribution in [0.5, 0.6) is 0 Å². The summed E-state index contributed by atoms with van der Waals surface area (Å²) >= 11 is 0. The van der Waals surface area contributed by atoms with Gasteiger partial charge in [-0.25, -0.2) is 0 Å². The Bertz CT molecular complexity index is 268. The first-order valence-electron chi connectivity index (χ1n) is 4.06. The van der Waals surface area contributed by atoms with Crippen LogP contribution in [0.15, 0.2) is 30.3 Å². The number of hydrogen-bond donors (Lipinski definition) is 0. The van der Waals surface area contributed by atoms with Gasteiger partial charge in [-0.2, -0.15) is 0 Å². The number of ether oxygens (including phenoxy) is 1. The molecule has 12 heavy (non-hydrogen) atoms. The lowest BCUT2D eigenvalue weighted by atomic mass is 10.1. The highest BCUT2D eigenvalue weighted by atomic mass is 16.5. The number of rotatable bonds is 3. The molecule has 2 nitrogen and oxygen atoms in total. The van der Waals surface area contributed by atoms with Gasteiger partial charge in [0.25, 0.3) is 6.47 Å². The molecular weight excluding hydrogens is 152 g/mol. The lowest BCUT2D eigenvalue weighted by Gasteiger charge is -1.97. The molecule has 0 radical (unpaired) electrons. The molecule has 0 saturated heterocycles. The van der Waals surface area contributed by atoms with Crippen molar-refractivity contribution in [2.75, 3.05) is 0 Å². The minimum atomic E-state index is 0.130. The van der Waals surface area contributed by atoms with E-state index < -0.39 is 0 Å². The van der Waals surface area contributed by atoms with Gasteiger partial charge in [0.2, 0.25) is 0 Å². The zero-order valence-electron chi connectivity index (χ0n) is 6.64. The van der Waals surface area contributed by atoms with Crippen LogP contribution in [-0.4, -0.2) is 12.6 Å². The zero-order chi connectivity index (χ0) is 8.39. The summed E-state index contributed by atoms with van der Waals surface area (Å²) in [5.41, 5.74) is 1.27. The fourth-order valence-electron chi connectivity index (χ4n) is 1.44. The monoisotopic (exact) mass is 162 g/mol. The van der Waals surface area contributed by atoms with Gasteiger partial charge < -0.3 is 4.74 Å². The van der Waals surface area contributed by atoms with E-state index in [1.54, 1.807) is 0 Å². The lowest BCUT2D eigenvalue weighted by Crippen LogP contribution is -1.93. The first kappa shape index (κ1) is 7.35. The molecule has 0 amide bonds. The SMILES string of the molecule is O=COC1CC1c1ccccc1. The predicted octanol–water partition coefficient (Wildman–Crippen LogP) is 1.72. The Morgan fingerprint density at radius 1 is 1.33 bits per heavy atom. The summed E-state index contributed by atoms with van der Waals surface area (Å²) in [5, 5.41) is 0. The van der Waals surface area contributed by atoms with Crippen LogP contribution in [0.1, 0.15) is 17.9 Å². The fraction of sp³-hybridized carbons (Fsp3) is 0.300. The highest BCUT2D eigenvalue weighted by Gasteiger charge is 2.40. The van der Waals surface area contributed by atoms with E-state index in [1.807, 2.05) is 18.2 Å². The molecule has 1 aromatic rings. The van der Waals surface area contributed by atoms with Crippen molar-refractivity contribution < 1.29 is 9.53 Å². The molecule has 62 valence electrons. The van der Waals surface area contributed by atoms with E-state index in [0.29, 0.717) is 12.4 Å². The Hall–Kier alpha value is -1.31. The van der Waals surface area contributed by atoms with Crippen LogP contribution in [0.4, 0.5) is 0 Å². The molecule has 0 aromatic heterocycles. The molecule has 0 heterocycles. The quantitative estimate of drug-likeness (QED) is 0.632.